The molecule has 1 aliphatic rings. The van der Waals surface area contributed by atoms with Gasteiger partial charge in [-0.05, 0) is 31.2 Å². The zero-order chi connectivity index (χ0) is 17.4. The molecule has 2 atom stereocenters. The molecule has 4 rings (SSSR count). The Bertz CT molecular complexity index is 993. The Hall–Kier alpha value is -3.00. The molecule has 1 fully saturated rings. The van der Waals surface area contributed by atoms with Crippen LogP contribution in [0.4, 0.5) is 0 Å². The minimum Gasteiger partial charge on any atom is -0.377 e. The smallest absolute Gasteiger partial charge is 0.267 e. The highest BCUT2D eigenvalue weighted by Gasteiger charge is 2.32. The minimum atomic E-state index is -0.327. The van der Waals surface area contributed by atoms with Crippen molar-refractivity contribution in [3.05, 3.63) is 58.3 Å². The molecule has 1 amide bonds. The number of benzene rings is 1. The van der Waals surface area contributed by atoms with Crippen LogP contribution in [0, 0.1) is 6.92 Å². The number of rotatable bonds is 3. The van der Waals surface area contributed by atoms with Crippen molar-refractivity contribution < 1.29 is 9.53 Å². The summed E-state index contributed by atoms with van der Waals surface area (Å²) in [5.41, 5.74) is 2.64. The van der Waals surface area contributed by atoms with E-state index in [1.54, 1.807) is 30.6 Å². The van der Waals surface area contributed by atoms with Gasteiger partial charge in [0.05, 0.1) is 42.3 Å². The quantitative estimate of drug-likeness (QED) is 0.735. The van der Waals surface area contributed by atoms with E-state index in [0.29, 0.717) is 18.8 Å². The number of fused-ring (bicyclic) bond motifs is 1. The minimum absolute atomic E-state index is 0.209. The van der Waals surface area contributed by atoms with Gasteiger partial charge >= 0.3 is 0 Å². The number of aryl methyl sites for hydroxylation is 1. The summed E-state index contributed by atoms with van der Waals surface area (Å²) in [6.07, 6.45) is 1.59. The Balaban J connectivity index is 1.57. The number of aromatic amines is 1. The number of H-pyrrole nitrogens is 1. The average molecular weight is 339 g/mol. The Kier molecular flexibility index (Phi) is 3.81. The van der Waals surface area contributed by atoms with E-state index in [-0.39, 0.29) is 23.6 Å². The van der Waals surface area contributed by atoms with Crippen molar-refractivity contribution in [2.75, 3.05) is 13.2 Å². The van der Waals surface area contributed by atoms with Crippen LogP contribution in [0.5, 0.6) is 0 Å². The van der Waals surface area contributed by atoms with Gasteiger partial charge in [-0.3, -0.25) is 9.59 Å². The van der Waals surface area contributed by atoms with Crippen LogP contribution in [0.25, 0.3) is 11.0 Å². The molecule has 2 N–H and O–H groups in total. The lowest BCUT2D eigenvalue weighted by molar-refractivity contribution is 0.0924. The molecule has 8 heteroatoms. The Morgan fingerprint density at radius 2 is 2.20 bits per heavy atom. The highest BCUT2D eigenvalue weighted by Crippen LogP contribution is 2.18. The zero-order valence-electron chi connectivity index (χ0n) is 13.6. The van der Waals surface area contributed by atoms with Crippen molar-refractivity contribution in [3.8, 4) is 0 Å². The van der Waals surface area contributed by atoms with Crippen LogP contribution in [-0.4, -0.2) is 44.9 Å². The van der Waals surface area contributed by atoms with Crippen LogP contribution in [0.3, 0.4) is 0 Å². The largest absolute Gasteiger partial charge is 0.377 e. The Morgan fingerprint density at radius 1 is 1.32 bits per heavy atom. The summed E-state index contributed by atoms with van der Waals surface area (Å²) in [6, 6.07) is 7.76. The van der Waals surface area contributed by atoms with Crippen molar-refractivity contribution in [1.29, 1.82) is 0 Å². The molecular formula is C17H17N5O3. The standard InChI is InChI=1S/C17H17N5O3/c1-10-2-5-16(23)22(21-10)15-8-25-7-14(15)20-17(24)11-3-4-12-13(6-11)19-9-18-12/h2-6,9,14-15H,7-8H2,1H3,(H,18,19)(H,20,24). The van der Waals surface area contributed by atoms with Gasteiger partial charge < -0.3 is 15.0 Å². The third-order valence-electron chi connectivity index (χ3n) is 4.32. The van der Waals surface area contributed by atoms with Gasteiger partial charge in [0.15, 0.2) is 0 Å². The maximum absolute atomic E-state index is 12.6. The topological polar surface area (TPSA) is 102 Å². The lowest BCUT2D eigenvalue weighted by Crippen LogP contribution is -2.44. The van der Waals surface area contributed by atoms with Crippen LogP contribution in [0.15, 0.2) is 41.5 Å². The van der Waals surface area contributed by atoms with E-state index in [1.165, 1.54) is 10.7 Å². The molecule has 25 heavy (non-hydrogen) atoms. The van der Waals surface area contributed by atoms with Crippen molar-refractivity contribution in [1.82, 2.24) is 25.1 Å². The number of hydrogen-bond acceptors (Lipinski definition) is 5. The second-order valence-corrected chi connectivity index (χ2v) is 6.08. The average Bonchev–Trinajstić information content (AvgIpc) is 3.25. The number of carbonyl (C=O) groups is 1. The third kappa shape index (κ3) is 2.91. The lowest BCUT2D eigenvalue weighted by Gasteiger charge is -2.20. The fourth-order valence-electron chi connectivity index (χ4n) is 3.01. The molecule has 0 aliphatic carbocycles. The van der Waals surface area contributed by atoms with Crippen LogP contribution in [0.2, 0.25) is 0 Å². The SMILES string of the molecule is Cc1ccc(=O)n(C2COCC2NC(=O)c2ccc3nc[nH]c3c2)n1. The molecule has 1 aromatic carbocycles. The number of ether oxygens (including phenoxy) is 1. The van der Waals surface area contributed by atoms with Gasteiger partial charge in [0.2, 0.25) is 0 Å². The molecule has 8 nitrogen and oxygen atoms in total. The molecular weight excluding hydrogens is 322 g/mol. The summed E-state index contributed by atoms with van der Waals surface area (Å²) in [5.74, 6) is -0.224. The maximum Gasteiger partial charge on any atom is 0.267 e. The normalized spacial score (nSPS) is 20.0. The first-order valence-corrected chi connectivity index (χ1v) is 8.00. The monoisotopic (exact) mass is 339 g/mol. The summed E-state index contributed by atoms with van der Waals surface area (Å²) in [5, 5.41) is 7.23. The molecule has 1 saturated heterocycles. The Labute approximate surface area is 142 Å². The predicted octanol–water partition coefficient (Wildman–Crippen LogP) is 0.798. The van der Waals surface area contributed by atoms with Crippen molar-refractivity contribution >= 4 is 16.9 Å². The summed E-state index contributed by atoms with van der Waals surface area (Å²) in [4.78, 5) is 31.8. The molecule has 0 spiro atoms. The second kappa shape index (κ2) is 6.14. The van der Waals surface area contributed by atoms with Crippen LogP contribution in [0.1, 0.15) is 22.1 Å². The summed E-state index contributed by atoms with van der Waals surface area (Å²) in [7, 11) is 0. The van der Waals surface area contributed by atoms with Crippen LogP contribution >= 0.6 is 0 Å². The predicted molar refractivity (Wildman–Crippen MR) is 90.4 cm³/mol. The first-order chi connectivity index (χ1) is 12.1. The van der Waals surface area contributed by atoms with Crippen LogP contribution in [-0.2, 0) is 4.74 Å². The van der Waals surface area contributed by atoms with E-state index in [4.69, 9.17) is 4.74 Å². The van der Waals surface area contributed by atoms with E-state index in [9.17, 15) is 9.59 Å². The lowest BCUT2D eigenvalue weighted by atomic mass is 10.1. The van der Waals surface area contributed by atoms with Crippen LogP contribution < -0.4 is 10.9 Å². The van der Waals surface area contributed by atoms with Crippen molar-refractivity contribution in [2.45, 2.75) is 19.0 Å². The molecule has 3 heterocycles. The van der Waals surface area contributed by atoms with E-state index >= 15 is 0 Å². The van der Waals surface area contributed by atoms with Gasteiger partial charge in [-0.25, -0.2) is 9.67 Å². The first kappa shape index (κ1) is 15.5. The fraction of sp³-hybridized carbons (Fsp3) is 0.294. The number of imidazole rings is 1. The van der Waals surface area contributed by atoms with E-state index < -0.39 is 0 Å². The van der Waals surface area contributed by atoms with E-state index in [2.05, 4.69) is 20.4 Å². The van der Waals surface area contributed by atoms with Gasteiger partial charge in [0.1, 0.15) is 6.04 Å². The molecule has 2 unspecified atom stereocenters. The van der Waals surface area contributed by atoms with E-state index in [1.807, 2.05) is 6.92 Å². The molecule has 3 aromatic rings. The van der Waals surface area contributed by atoms with Gasteiger partial charge in [0, 0.05) is 11.6 Å². The van der Waals surface area contributed by atoms with Gasteiger partial charge in [0.25, 0.3) is 11.5 Å². The molecule has 0 bridgehead atoms. The highest BCUT2D eigenvalue weighted by molar-refractivity contribution is 5.97. The number of carbonyl (C=O) groups excluding carboxylic acids is 1. The number of aromatic nitrogens is 4. The first-order valence-electron chi connectivity index (χ1n) is 8.00. The number of hydrogen-bond donors (Lipinski definition) is 2. The second-order valence-electron chi connectivity index (χ2n) is 6.08. The van der Waals surface area contributed by atoms with Gasteiger partial charge in [-0.2, -0.15) is 5.10 Å². The number of nitrogens with zero attached hydrogens (tertiary/aromatic N) is 3. The summed E-state index contributed by atoms with van der Waals surface area (Å²) >= 11 is 0. The highest BCUT2D eigenvalue weighted by atomic mass is 16.5. The third-order valence-corrected chi connectivity index (χ3v) is 4.32. The van der Waals surface area contributed by atoms with Gasteiger partial charge in [-0.1, -0.05) is 0 Å². The number of nitrogens with one attached hydrogen (secondary N) is 2. The molecule has 0 radical (unpaired) electrons. The maximum atomic E-state index is 12.6. The summed E-state index contributed by atoms with van der Waals surface area (Å²) < 4.78 is 6.88. The Morgan fingerprint density at radius 3 is 3.08 bits per heavy atom. The molecule has 128 valence electrons. The molecule has 0 saturated carbocycles. The number of amides is 1. The van der Waals surface area contributed by atoms with Crippen molar-refractivity contribution in [3.63, 3.8) is 0 Å². The van der Waals surface area contributed by atoms with Crippen molar-refractivity contribution in [2.24, 2.45) is 0 Å². The molecule has 2 aromatic heterocycles. The van der Waals surface area contributed by atoms with E-state index in [0.717, 1.165) is 16.7 Å². The molecule has 1 aliphatic heterocycles. The zero-order valence-corrected chi connectivity index (χ0v) is 13.6. The van der Waals surface area contributed by atoms with Gasteiger partial charge in [-0.15, -0.1) is 0 Å². The summed E-state index contributed by atoms with van der Waals surface area (Å²) in [6.45, 7) is 2.49. The fourth-order valence-corrected chi connectivity index (χ4v) is 3.01.